The molecule has 120 valence electrons. The molecule has 4 nitrogen and oxygen atoms in total. The molecule has 5 heteroatoms. The zero-order chi connectivity index (χ0) is 16.1. The summed E-state index contributed by atoms with van der Waals surface area (Å²) in [6.45, 7) is 17.5. The highest BCUT2D eigenvalue weighted by molar-refractivity contribution is 6.74. The minimum Gasteiger partial charge on any atom is -0.413 e. The van der Waals surface area contributed by atoms with Gasteiger partial charge >= 0.3 is 0 Å². The topological polar surface area (TPSA) is 47.6 Å². The molecule has 0 aliphatic heterocycles. The van der Waals surface area contributed by atoms with E-state index in [-0.39, 0.29) is 29.7 Å². The van der Waals surface area contributed by atoms with Crippen molar-refractivity contribution in [2.75, 3.05) is 13.8 Å². The van der Waals surface area contributed by atoms with Crippen LogP contribution in [0.1, 0.15) is 41.5 Å². The van der Waals surface area contributed by atoms with Crippen molar-refractivity contribution >= 4 is 14.2 Å². The van der Waals surface area contributed by atoms with Crippen molar-refractivity contribution in [2.45, 2.75) is 65.8 Å². The number of nitrogens with one attached hydrogen (secondary N) is 1. The van der Waals surface area contributed by atoms with E-state index in [4.69, 9.17) is 9.16 Å². The van der Waals surface area contributed by atoms with Crippen LogP contribution in [0.5, 0.6) is 0 Å². The normalized spacial score (nSPS) is 16.1. The largest absolute Gasteiger partial charge is 0.413 e. The lowest BCUT2D eigenvalue weighted by atomic mass is 9.94. The Balaban J connectivity index is 4.94. The van der Waals surface area contributed by atoms with Crippen LogP contribution in [-0.2, 0) is 14.0 Å². The summed E-state index contributed by atoms with van der Waals surface area (Å²) in [5.74, 6) is 0.107. The summed E-state index contributed by atoms with van der Waals surface area (Å²) in [7, 11) is -0.315. The van der Waals surface area contributed by atoms with Crippen LogP contribution >= 0.6 is 0 Å². The lowest BCUT2D eigenvalue weighted by Gasteiger charge is -2.42. The molecule has 0 aromatic rings. The van der Waals surface area contributed by atoms with Gasteiger partial charge in [0.05, 0.1) is 12.0 Å². The summed E-state index contributed by atoms with van der Waals surface area (Å²) in [5.41, 5.74) is 0. The van der Waals surface area contributed by atoms with Gasteiger partial charge in [0.15, 0.2) is 8.32 Å². The number of ether oxygens (including phenoxy) is 1. The fraction of sp³-hybridized carbons (Fsp3) is 0.933. The van der Waals surface area contributed by atoms with E-state index in [2.05, 4.69) is 53.0 Å². The molecule has 0 aromatic carbocycles. The fourth-order valence-electron chi connectivity index (χ4n) is 1.79. The van der Waals surface area contributed by atoms with E-state index in [9.17, 15) is 4.79 Å². The smallest absolute Gasteiger partial charge is 0.227 e. The predicted octanol–water partition coefficient (Wildman–Crippen LogP) is 3.39. The SMILES string of the molecule is COCNC(=O)C(C)C(O[Si](C)(C)C(C)(C)C)C(C)C. The van der Waals surface area contributed by atoms with Crippen LogP contribution in [0, 0.1) is 11.8 Å². The molecule has 2 unspecified atom stereocenters. The summed E-state index contributed by atoms with van der Waals surface area (Å²) in [6, 6.07) is 0. The maximum Gasteiger partial charge on any atom is 0.227 e. The van der Waals surface area contributed by atoms with E-state index in [1.54, 1.807) is 7.11 Å². The van der Waals surface area contributed by atoms with E-state index in [1.807, 2.05) is 6.92 Å². The molecule has 1 N–H and O–H groups in total. The van der Waals surface area contributed by atoms with Crippen molar-refractivity contribution in [3.8, 4) is 0 Å². The number of hydrogen-bond donors (Lipinski definition) is 1. The third-order valence-electron chi connectivity index (χ3n) is 4.19. The number of methoxy groups -OCH3 is 1. The van der Waals surface area contributed by atoms with Crippen molar-refractivity contribution < 1.29 is 14.0 Å². The first-order valence-corrected chi connectivity index (χ1v) is 10.3. The molecular formula is C15H33NO3Si. The summed E-state index contributed by atoms with van der Waals surface area (Å²) < 4.78 is 11.4. The van der Waals surface area contributed by atoms with Gasteiger partial charge in [-0.05, 0) is 24.1 Å². The van der Waals surface area contributed by atoms with Gasteiger partial charge in [-0.25, -0.2) is 0 Å². The molecule has 0 fully saturated rings. The first-order valence-electron chi connectivity index (χ1n) is 7.38. The van der Waals surface area contributed by atoms with Crippen LogP contribution < -0.4 is 5.32 Å². The molecule has 0 saturated carbocycles. The Labute approximate surface area is 125 Å². The Morgan fingerprint density at radius 3 is 2.05 bits per heavy atom. The molecule has 0 saturated heterocycles. The predicted molar refractivity (Wildman–Crippen MR) is 86.1 cm³/mol. The van der Waals surface area contributed by atoms with Gasteiger partial charge in [0.1, 0.15) is 6.73 Å². The lowest BCUT2D eigenvalue weighted by Crippen LogP contribution is -2.49. The first-order chi connectivity index (χ1) is 8.94. The Kier molecular flexibility index (Phi) is 7.42. The molecule has 1 amide bonds. The highest BCUT2D eigenvalue weighted by Crippen LogP contribution is 2.39. The molecule has 2 atom stereocenters. The highest BCUT2D eigenvalue weighted by Gasteiger charge is 2.41. The standard InChI is InChI=1S/C15H33NO3Si/c1-11(2)13(12(3)14(17)16-10-18-7)19-20(8,9)15(4,5)6/h11-13H,10H2,1-9H3,(H,16,17). The van der Waals surface area contributed by atoms with Gasteiger partial charge in [-0.1, -0.05) is 41.5 Å². The zero-order valence-corrected chi connectivity index (χ0v) is 15.7. The average molecular weight is 304 g/mol. The number of hydrogen-bond acceptors (Lipinski definition) is 3. The number of carbonyl (C=O) groups is 1. The van der Waals surface area contributed by atoms with Gasteiger partial charge in [-0.2, -0.15) is 0 Å². The maximum absolute atomic E-state index is 12.1. The molecule has 20 heavy (non-hydrogen) atoms. The van der Waals surface area contributed by atoms with Gasteiger partial charge in [-0.3, -0.25) is 4.79 Å². The van der Waals surface area contributed by atoms with Crippen LogP contribution in [0.25, 0.3) is 0 Å². The van der Waals surface area contributed by atoms with Crippen molar-refractivity contribution in [3.05, 3.63) is 0 Å². The van der Waals surface area contributed by atoms with Crippen LogP contribution in [0.4, 0.5) is 0 Å². The van der Waals surface area contributed by atoms with Crippen LogP contribution in [0.15, 0.2) is 0 Å². The third-order valence-corrected chi connectivity index (χ3v) is 8.66. The summed E-state index contributed by atoms with van der Waals surface area (Å²) in [5, 5.41) is 2.91. The minimum atomic E-state index is -1.88. The van der Waals surface area contributed by atoms with Crippen LogP contribution in [0.3, 0.4) is 0 Å². The fourth-order valence-corrected chi connectivity index (χ4v) is 3.30. The number of carbonyl (C=O) groups excluding carboxylic acids is 1. The number of rotatable bonds is 7. The van der Waals surface area contributed by atoms with Crippen molar-refractivity contribution in [1.82, 2.24) is 5.32 Å². The minimum absolute atomic E-state index is 0.00995. The molecule has 0 radical (unpaired) electrons. The summed E-state index contributed by atoms with van der Waals surface area (Å²) in [4.78, 5) is 12.1. The van der Waals surface area contributed by atoms with E-state index >= 15 is 0 Å². The number of amides is 1. The quantitative estimate of drug-likeness (QED) is 0.579. The van der Waals surface area contributed by atoms with Gasteiger partial charge in [-0.15, -0.1) is 0 Å². The second-order valence-corrected chi connectivity index (χ2v) is 12.1. The van der Waals surface area contributed by atoms with E-state index < -0.39 is 8.32 Å². The molecule has 0 heterocycles. The zero-order valence-electron chi connectivity index (χ0n) is 14.7. The molecule has 0 spiro atoms. The summed E-state index contributed by atoms with van der Waals surface area (Å²) >= 11 is 0. The van der Waals surface area contributed by atoms with Crippen LogP contribution in [0.2, 0.25) is 18.1 Å². The Hall–Kier alpha value is -0.393. The van der Waals surface area contributed by atoms with Gasteiger partial charge in [0, 0.05) is 7.11 Å². The van der Waals surface area contributed by atoms with E-state index in [0.29, 0.717) is 5.92 Å². The monoisotopic (exact) mass is 303 g/mol. The molecule has 0 aliphatic carbocycles. The van der Waals surface area contributed by atoms with Gasteiger partial charge in [0.25, 0.3) is 0 Å². The van der Waals surface area contributed by atoms with Crippen molar-refractivity contribution in [3.63, 3.8) is 0 Å². The highest BCUT2D eigenvalue weighted by atomic mass is 28.4. The Morgan fingerprint density at radius 1 is 1.20 bits per heavy atom. The average Bonchev–Trinajstić information content (AvgIpc) is 2.30. The Morgan fingerprint density at radius 2 is 1.70 bits per heavy atom. The molecule has 0 rings (SSSR count). The van der Waals surface area contributed by atoms with Crippen molar-refractivity contribution in [2.24, 2.45) is 11.8 Å². The second kappa shape index (κ2) is 7.57. The molecular weight excluding hydrogens is 270 g/mol. The molecule has 0 bridgehead atoms. The molecule has 0 aliphatic rings. The lowest BCUT2D eigenvalue weighted by molar-refractivity contribution is -0.129. The van der Waals surface area contributed by atoms with Crippen LogP contribution in [-0.4, -0.2) is 34.2 Å². The van der Waals surface area contributed by atoms with E-state index in [0.717, 1.165) is 0 Å². The first kappa shape index (κ1) is 19.6. The molecule has 0 aromatic heterocycles. The van der Waals surface area contributed by atoms with Gasteiger partial charge < -0.3 is 14.5 Å². The van der Waals surface area contributed by atoms with Gasteiger partial charge in [0.2, 0.25) is 5.91 Å². The van der Waals surface area contributed by atoms with Crippen molar-refractivity contribution in [1.29, 1.82) is 0 Å². The van der Waals surface area contributed by atoms with E-state index in [1.165, 1.54) is 0 Å². The Bertz CT molecular complexity index is 311. The second-order valence-electron chi connectivity index (χ2n) is 7.35. The maximum atomic E-state index is 12.1. The summed E-state index contributed by atoms with van der Waals surface area (Å²) in [6.07, 6.45) is -0.0623. The third kappa shape index (κ3) is 5.54.